The first-order valence-corrected chi connectivity index (χ1v) is 6.54. The van der Waals surface area contributed by atoms with Gasteiger partial charge in [0.25, 0.3) is 0 Å². The van der Waals surface area contributed by atoms with Crippen LogP contribution in [0.5, 0.6) is 0 Å². The number of aryl methyl sites for hydroxylation is 1. The van der Waals surface area contributed by atoms with Gasteiger partial charge in [0, 0.05) is 5.56 Å². The molecule has 2 aromatic rings. The summed E-state index contributed by atoms with van der Waals surface area (Å²) < 4.78 is 52.2. The van der Waals surface area contributed by atoms with Crippen molar-refractivity contribution in [2.45, 2.75) is 25.6 Å². The molecule has 0 amide bonds. The van der Waals surface area contributed by atoms with Gasteiger partial charge in [-0.05, 0) is 23.6 Å². The SMILES string of the molecule is CCc1ccc(C(N)c2cccc(C(F)(F)F)c2F)cc1. The van der Waals surface area contributed by atoms with Crippen molar-refractivity contribution in [1.82, 2.24) is 0 Å². The van der Waals surface area contributed by atoms with Crippen LogP contribution in [0.3, 0.4) is 0 Å². The molecule has 0 radical (unpaired) electrons. The normalized spacial score (nSPS) is 13.2. The molecule has 1 atom stereocenters. The summed E-state index contributed by atoms with van der Waals surface area (Å²) in [4.78, 5) is 0. The van der Waals surface area contributed by atoms with Crippen LogP contribution in [-0.2, 0) is 12.6 Å². The highest BCUT2D eigenvalue weighted by atomic mass is 19.4. The quantitative estimate of drug-likeness (QED) is 0.832. The summed E-state index contributed by atoms with van der Waals surface area (Å²) in [5, 5.41) is 0. The third-order valence-corrected chi connectivity index (χ3v) is 3.42. The van der Waals surface area contributed by atoms with Gasteiger partial charge in [-0.2, -0.15) is 13.2 Å². The van der Waals surface area contributed by atoms with Crippen molar-refractivity contribution in [2.75, 3.05) is 0 Å². The lowest BCUT2D eigenvalue weighted by molar-refractivity contribution is -0.140. The van der Waals surface area contributed by atoms with Crippen molar-refractivity contribution >= 4 is 0 Å². The van der Waals surface area contributed by atoms with Gasteiger partial charge in [0.2, 0.25) is 0 Å². The van der Waals surface area contributed by atoms with Crippen molar-refractivity contribution in [1.29, 1.82) is 0 Å². The van der Waals surface area contributed by atoms with Gasteiger partial charge in [-0.1, -0.05) is 43.3 Å². The Balaban J connectivity index is 2.41. The van der Waals surface area contributed by atoms with E-state index >= 15 is 0 Å². The standard InChI is InChI=1S/C16H15F4N/c1-2-10-6-8-11(9-7-10)15(21)12-4-3-5-13(14(12)17)16(18,19)20/h3-9,15H,2,21H2,1H3. The van der Waals surface area contributed by atoms with Crippen LogP contribution in [-0.4, -0.2) is 0 Å². The zero-order valence-corrected chi connectivity index (χ0v) is 11.4. The molecule has 0 aliphatic rings. The number of hydrogen-bond acceptors (Lipinski definition) is 1. The Morgan fingerprint density at radius 2 is 1.67 bits per heavy atom. The van der Waals surface area contributed by atoms with Crippen molar-refractivity contribution in [3.63, 3.8) is 0 Å². The Hall–Kier alpha value is -1.88. The fourth-order valence-electron chi connectivity index (χ4n) is 2.15. The molecule has 0 aliphatic heterocycles. The molecule has 0 fully saturated rings. The van der Waals surface area contributed by atoms with Crippen molar-refractivity contribution in [3.8, 4) is 0 Å². The molecule has 0 bridgehead atoms. The minimum atomic E-state index is -4.73. The molecular weight excluding hydrogens is 282 g/mol. The second kappa shape index (κ2) is 5.85. The van der Waals surface area contributed by atoms with Gasteiger partial charge in [0.15, 0.2) is 0 Å². The molecular formula is C16H15F4N. The van der Waals surface area contributed by atoms with E-state index in [9.17, 15) is 17.6 Å². The summed E-state index contributed by atoms with van der Waals surface area (Å²) in [6.07, 6.45) is -3.89. The molecule has 0 aliphatic carbocycles. The van der Waals surface area contributed by atoms with Crippen molar-refractivity contribution in [3.05, 3.63) is 70.5 Å². The Morgan fingerprint density at radius 1 is 1.05 bits per heavy atom. The Labute approximate surface area is 120 Å². The van der Waals surface area contributed by atoms with E-state index in [0.29, 0.717) is 11.6 Å². The molecule has 0 saturated heterocycles. The molecule has 2 rings (SSSR count). The average Bonchev–Trinajstić information content (AvgIpc) is 2.45. The first-order valence-electron chi connectivity index (χ1n) is 6.54. The van der Waals surface area contributed by atoms with E-state index in [1.807, 2.05) is 19.1 Å². The monoisotopic (exact) mass is 297 g/mol. The molecule has 0 saturated carbocycles. The molecule has 112 valence electrons. The Morgan fingerprint density at radius 3 is 2.19 bits per heavy atom. The highest BCUT2D eigenvalue weighted by Gasteiger charge is 2.35. The van der Waals surface area contributed by atoms with Crippen LogP contribution in [0.4, 0.5) is 17.6 Å². The van der Waals surface area contributed by atoms with E-state index in [4.69, 9.17) is 5.73 Å². The summed E-state index contributed by atoms with van der Waals surface area (Å²) in [7, 11) is 0. The molecule has 2 aromatic carbocycles. The van der Waals surface area contributed by atoms with E-state index in [0.717, 1.165) is 12.0 Å². The predicted molar refractivity (Wildman–Crippen MR) is 73.3 cm³/mol. The highest BCUT2D eigenvalue weighted by Crippen LogP contribution is 2.34. The van der Waals surface area contributed by atoms with Gasteiger partial charge in [0.05, 0.1) is 11.6 Å². The van der Waals surface area contributed by atoms with Gasteiger partial charge >= 0.3 is 6.18 Å². The molecule has 1 nitrogen and oxygen atoms in total. The second-order valence-electron chi connectivity index (χ2n) is 4.78. The lowest BCUT2D eigenvalue weighted by Gasteiger charge is -2.17. The van der Waals surface area contributed by atoms with Gasteiger partial charge < -0.3 is 5.73 Å². The van der Waals surface area contributed by atoms with Crippen LogP contribution >= 0.6 is 0 Å². The number of nitrogens with two attached hydrogens (primary N) is 1. The predicted octanol–water partition coefficient (Wildman–Crippen LogP) is 4.46. The minimum absolute atomic E-state index is 0.158. The smallest absolute Gasteiger partial charge is 0.320 e. The number of benzene rings is 2. The second-order valence-corrected chi connectivity index (χ2v) is 4.78. The third-order valence-electron chi connectivity index (χ3n) is 3.42. The van der Waals surface area contributed by atoms with Crippen LogP contribution in [0.25, 0.3) is 0 Å². The first kappa shape index (κ1) is 15.5. The lowest BCUT2D eigenvalue weighted by atomic mass is 9.96. The fraction of sp³-hybridized carbons (Fsp3) is 0.250. The average molecular weight is 297 g/mol. The Bertz CT molecular complexity index is 617. The summed E-state index contributed by atoms with van der Waals surface area (Å²) in [5.41, 5.74) is 6.12. The maximum absolute atomic E-state index is 14.1. The van der Waals surface area contributed by atoms with Crippen molar-refractivity contribution in [2.24, 2.45) is 5.73 Å². The lowest BCUT2D eigenvalue weighted by Crippen LogP contribution is -2.17. The molecule has 0 aromatic heterocycles. The summed E-state index contributed by atoms with van der Waals surface area (Å²) in [6.45, 7) is 1.99. The third kappa shape index (κ3) is 3.24. The van der Waals surface area contributed by atoms with E-state index in [2.05, 4.69) is 0 Å². The zero-order valence-electron chi connectivity index (χ0n) is 11.4. The van der Waals surface area contributed by atoms with Gasteiger partial charge in [-0.15, -0.1) is 0 Å². The number of alkyl halides is 3. The number of rotatable bonds is 3. The van der Waals surface area contributed by atoms with E-state index in [1.54, 1.807) is 12.1 Å². The molecule has 21 heavy (non-hydrogen) atoms. The Kier molecular flexibility index (Phi) is 4.32. The molecule has 0 heterocycles. The van der Waals surface area contributed by atoms with Crippen LogP contribution < -0.4 is 5.73 Å². The van der Waals surface area contributed by atoms with Gasteiger partial charge in [-0.3, -0.25) is 0 Å². The van der Waals surface area contributed by atoms with Crippen LogP contribution in [0, 0.1) is 5.82 Å². The number of halogens is 4. The largest absolute Gasteiger partial charge is 0.419 e. The van der Waals surface area contributed by atoms with Crippen molar-refractivity contribution < 1.29 is 17.6 Å². The molecule has 2 N–H and O–H groups in total. The van der Waals surface area contributed by atoms with Crippen LogP contribution in [0.15, 0.2) is 42.5 Å². The minimum Gasteiger partial charge on any atom is -0.320 e. The van der Waals surface area contributed by atoms with E-state index in [1.165, 1.54) is 12.1 Å². The first-order chi connectivity index (χ1) is 9.84. The van der Waals surface area contributed by atoms with Gasteiger partial charge in [0.1, 0.15) is 5.82 Å². The highest BCUT2D eigenvalue weighted by molar-refractivity contribution is 5.37. The van der Waals surface area contributed by atoms with Gasteiger partial charge in [-0.25, -0.2) is 4.39 Å². The summed E-state index contributed by atoms with van der Waals surface area (Å²) in [5.74, 6) is -1.31. The molecule has 1 unspecified atom stereocenters. The summed E-state index contributed by atoms with van der Waals surface area (Å²) >= 11 is 0. The fourth-order valence-corrected chi connectivity index (χ4v) is 2.15. The molecule has 0 spiro atoms. The topological polar surface area (TPSA) is 26.0 Å². The van der Waals surface area contributed by atoms with Crippen LogP contribution in [0.1, 0.15) is 35.2 Å². The summed E-state index contributed by atoms with van der Waals surface area (Å²) in [6, 6.07) is 9.32. The van der Waals surface area contributed by atoms with Crippen LogP contribution in [0.2, 0.25) is 0 Å². The van der Waals surface area contributed by atoms with E-state index in [-0.39, 0.29) is 5.56 Å². The van der Waals surface area contributed by atoms with E-state index < -0.39 is 23.6 Å². The maximum Gasteiger partial charge on any atom is 0.419 e. The number of hydrogen-bond donors (Lipinski definition) is 1. The molecule has 5 heteroatoms. The maximum atomic E-state index is 14.1. The zero-order chi connectivity index (χ0) is 15.6.